The Morgan fingerprint density at radius 2 is 1.70 bits per heavy atom. The first-order valence-corrected chi connectivity index (χ1v) is 8.17. The van der Waals surface area contributed by atoms with Gasteiger partial charge in [0.2, 0.25) is 0 Å². The number of hydrogen-bond acceptors (Lipinski definition) is 3. The molecule has 1 unspecified atom stereocenters. The number of phenols is 1. The lowest BCUT2D eigenvalue weighted by Gasteiger charge is -2.25. The number of rotatable bonds is 7. The lowest BCUT2D eigenvalue weighted by molar-refractivity contribution is 0.238. The fraction of sp³-hybridized carbons (Fsp3) is 0.400. The van der Waals surface area contributed by atoms with Gasteiger partial charge in [-0.15, -0.1) is 0 Å². The third kappa shape index (κ3) is 5.08. The molecule has 1 atom stereocenters. The van der Waals surface area contributed by atoms with Crippen molar-refractivity contribution in [2.75, 3.05) is 7.05 Å². The van der Waals surface area contributed by atoms with Crippen LogP contribution in [-0.4, -0.2) is 28.2 Å². The summed E-state index contributed by atoms with van der Waals surface area (Å²) >= 11 is 0. The summed E-state index contributed by atoms with van der Waals surface area (Å²) in [7, 11) is 2.15. The van der Waals surface area contributed by atoms with Gasteiger partial charge in [-0.1, -0.05) is 35.9 Å². The van der Waals surface area contributed by atoms with E-state index in [4.69, 9.17) is 0 Å². The molecule has 0 amide bonds. The average Bonchev–Trinajstić information content (AvgIpc) is 2.55. The molecule has 3 nitrogen and oxygen atoms in total. The van der Waals surface area contributed by atoms with Gasteiger partial charge in [-0.05, 0) is 57.0 Å². The SMILES string of the molecule is Cc1ccc(CN(C)C(C)CCc2ccc(O)c(CO)c2)cc1. The van der Waals surface area contributed by atoms with E-state index in [1.807, 2.05) is 12.1 Å². The van der Waals surface area contributed by atoms with Crippen LogP contribution in [0.4, 0.5) is 0 Å². The summed E-state index contributed by atoms with van der Waals surface area (Å²) < 4.78 is 0. The molecule has 2 aromatic carbocycles. The molecule has 0 radical (unpaired) electrons. The van der Waals surface area contributed by atoms with Crippen molar-refractivity contribution in [3.8, 4) is 5.75 Å². The van der Waals surface area contributed by atoms with E-state index < -0.39 is 0 Å². The molecule has 2 N–H and O–H groups in total. The Morgan fingerprint density at radius 1 is 1.04 bits per heavy atom. The predicted molar refractivity (Wildman–Crippen MR) is 94.5 cm³/mol. The Bertz CT molecular complexity index is 622. The first-order chi connectivity index (χ1) is 11.0. The molecule has 2 rings (SSSR count). The summed E-state index contributed by atoms with van der Waals surface area (Å²) in [5.41, 5.74) is 4.37. The van der Waals surface area contributed by atoms with E-state index in [0.29, 0.717) is 11.6 Å². The zero-order chi connectivity index (χ0) is 16.8. The number of aliphatic hydroxyl groups excluding tert-OH is 1. The molecule has 0 bridgehead atoms. The summed E-state index contributed by atoms with van der Waals surface area (Å²) in [4.78, 5) is 2.36. The Kier molecular flexibility index (Phi) is 6.20. The van der Waals surface area contributed by atoms with Gasteiger partial charge >= 0.3 is 0 Å². The Labute approximate surface area is 139 Å². The summed E-state index contributed by atoms with van der Waals surface area (Å²) in [6.07, 6.45) is 1.98. The van der Waals surface area contributed by atoms with Crippen LogP contribution in [0.1, 0.15) is 35.6 Å². The normalized spacial score (nSPS) is 12.6. The smallest absolute Gasteiger partial charge is 0.121 e. The zero-order valence-electron chi connectivity index (χ0n) is 14.3. The number of hydrogen-bond donors (Lipinski definition) is 2. The van der Waals surface area contributed by atoms with Crippen LogP contribution in [0.2, 0.25) is 0 Å². The Balaban J connectivity index is 1.88. The van der Waals surface area contributed by atoms with Gasteiger partial charge in [-0.2, -0.15) is 0 Å². The van der Waals surface area contributed by atoms with Crippen LogP contribution in [0, 0.1) is 6.92 Å². The van der Waals surface area contributed by atoms with Gasteiger partial charge in [0.05, 0.1) is 6.61 Å². The number of aryl methyl sites for hydroxylation is 2. The fourth-order valence-electron chi connectivity index (χ4n) is 2.65. The molecule has 0 spiro atoms. The third-order valence-electron chi connectivity index (χ3n) is 4.47. The first kappa shape index (κ1) is 17.5. The van der Waals surface area contributed by atoms with Crippen molar-refractivity contribution in [2.45, 2.75) is 45.9 Å². The van der Waals surface area contributed by atoms with E-state index in [1.54, 1.807) is 6.07 Å². The lowest BCUT2D eigenvalue weighted by Crippen LogP contribution is -2.29. The predicted octanol–water partition coefficient (Wildman–Crippen LogP) is 3.65. The highest BCUT2D eigenvalue weighted by molar-refractivity contribution is 5.35. The van der Waals surface area contributed by atoms with E-state index in [-0.39, 0.29) is 12.4 Å². The maximum atomic E-state index is 9.62. The van der Waals surface area contributed by atoms with Crippen LogP contribution in [0.15, 0.2) is 42.5 Å². The van der Waals surface area contributed by atoms with Crippen molar-refractivity contribution in [1.29, 1.82) is 0 Å². The molecule has 124 valence electrons. The van der Waals surface area contributed by atoms with Crippen molar-refractivity contribution < 1.29 is 10.2 Å². The van der Waals surface area contributed by atoms with Gasteiger partial charge in [0.1, 0.15) is 5.75 Å². The monoisotopic (exact) mass is 313 g/mol. The van der Waals surface area contributed by atoms with Crippen molar-refractivity contribution >= 4 is 0 Å². The van der Waals surface area contributed by atoms with Gasteiger partial charge in [-0.25, -0.2) is 0 Å². The van der Waals surface area contributed by atoms with Crippen LogP contribution in [0.25, 0.3) is 0 Å². The van der Waals surface area contributed by atoms with Crippen molar-refractivity contribution in [3.05, 3.63) is 64.7 Å². The zero-order valence-corrected chi connectivity index (χ0v) is 14.3. The van der Waals surface area contributed by atoms with Gasteiger partial charge in [0, 0.05) is 18.2 Å². The Hall–Kier alpha value is -1.84. The molecule has 2 aromatic rings. The van der Waals surface area contributed by atoms with Crippen molar-refractivity contribution in [3.63, 3.8) is 0 Å². The molecule has 0 aromatic heterocycles. The summed E-state index contributed by atoms with van der Waals surface area (Å²) in [5.74, 6) is 0.167. The van der Waals surface area contributed by atoms with Crippen LogP contribution < -0.4 is 0 Å². The molecule has 0 fully saturated rings. The minimum absolute atomic E-state index is 0.122. The van der Waals surface area contributed by atoms with E-state index in [2.05, 4.69) is 50.1 Å². The highest BCUT2D eigenvalue weighted by Crippen LogP contribution is 2.20. The second-order valence-electron chi connectivity index (χ2n) is 6.41. The largest absolute Gasteiger partial charge is 0.508 e. The maximum absolute atomic E-state index is 9.62. The van der Waals surface area contributed by atoms with Crippen LogP contribution in [0.5, 0.6) is 5.75 Å². The molecule has 0 heterocycles. The number of nitrogens with zero attached hydrogens (tertiary/aromatic N) is 1. The molecule has 0 aliphatic heterocycles. The lowest BCUT2D eigenvalue weighted by atomic mass is 10.0. The number of benzene rings is 2. The van der Waals surface area contributed by atoms with Gasteiger partial charge in [0.25, 0.3) is 0 Å². The minimum atomic E-state index is -0.122. The standard InChI is InChI=1S/C20H27NO2/c1-15-4-7-18(8-5-15)13-21(3)16(2)6-9-17-10-11-20(23)19(12-17)14-22/h4-5,7-8,10-12,16,22-23H,6,9,13-14H2,1-3H3. The first-order valence-electron chi connectivity index (χ1n) is 8.17. The number of aromatic hydroxyl groups is 1. The molecule has 0 saturated carbocycles. The van der Waals surface area contributed by atoms with Gasteiger partial charge < -0.3 is 10.2 Å². The van der Waals surface area contributed by atoms with Crippen molar-refractivity contribution in [1.82, 2.24) is 4.90 Å². The van der Waals surface area contributed by atoms with Crippen LogP contribution >= 0.6 is 0 Å². The van der Waals surface area contributed by atoms with E-state index in [1.165, 1.54) is 11.1 Å². The Morgan fingerprint density at radius 3 is 2.35 bits per heavy atom. The molecule has 0 saturated heterocycles. The minimum Gasteiger partial charge on any atom is -0.508 e. The molecular weight excluding hydrogens is 286 g/mol. The van der Waals surface area contributed by atoms with E-state index in [0.717, 1.165) is 24.9 Å². The second-order valence-corrected chi connectivity index (χ2v) is 6.41. The van der Waals surface area contributed by atoms with Gasteiger partial charge in [-0.3, -0.25) is 4.90 Å². The average molecular weight is 313 g/mol. The summed E-state index contributed by atoms with van der Waals surface area (Å²) in [6.45, 7) is 5.16. The maximum Gasteiger partial charge on any atom is 0.121 e. The van der Waals surface area contributed by atoms with E-state index in [9.17, 15) is 10.2 Å². The molecule has 0 aliphatic carbocycles. The molecular formula is C20H27NO2. The second kappa shape index (κ2) is 8.14. The topological polar surface area (TPSA) is 43.7 Å². The van der Waals surface area contributed by atoms with E-state index >= 15 is 0 Å². The summed E-state index contributed by atoms with van der Waals surface area (Å²) in [6, 6.07) is 14.6. The van der Waals surface area contributed by atoms with Crippen LogP contribution in [-0.2, 0) is 19.6 Å². The van der Waals surface area contributed by atoms with Crippen molar-refractivity contribution in [2.24, 2.45) is 0 Å². The molecule has 0 aliphatic rings. The van der Waals surface area contributed by atoms with Gasteiger partial charge in [0.15, 0.2) is 0 Å². The quantitative estimate of drug-likeness (QED) is 0.820. The molecule has 23 heavy (non-hydrogen) atoms. The third-order valence-corrected chi connectivity index (χ3v) is 4.47. The molecule has 3 heteroatoms. The fourth-order valence-corrected chi connectivity index (χ4v) is 2.65. The highest BCUT2D eigenvalue weighted by atomic mass is 16.3. The summed E-state index contributed by atoms with van der Waals surface area (Å²) in [5, 5.41) is 18.8. The highest BCUT2D eigenvalue weighted by Gasteiger charge is 2.10. The van der Waals surface area contributed by atoms with Crippen LogP contribution in [0.3, 0.4) is 0 Å². The number of aliphatic hydroxyl groups is 1.